The number of benzene rings is 1. The summed E-state index contributed by atoms with van der Waals surface area (Å²) in [5, 5.41) is 13.9. The van der Waals surface area contributed by atoms with Crippen LogP contribution in [0, 0.1) is 16.0 Å². The Balaban J connectivity index is 1.91. The van der Waals surface area contributed by atoms with Crippen molar-refractivity contribution in [3.8, 4) is 0 Å². The number of hydrogen-bond acceptors (Lipinski definition) is 3. The number of rotatable bonds is 6. The van der Waals surface area contributed by atoms with Crippen LogP contribution in [0.5, 0.6) is 0 Å². The third-order valence-electron chi connectivity index (χ3n) is 3.88. The van der Waals surface area contributed by atoms with Gasteiger partial charge in [-0.1, -0.05) is 31.4 Å². The molecule has 0 amide bonds. The molecule has 0 saturated heterocycles. The van der Waals surface area contributed by atoms with Crippen LogP contribution in [-0.4, -0.2) is 18.0 Å². The van der Waals surface area contributed by atoms with E-state index in [1.807, 2.05) is 19.2 Å². The van der Waals surface area contributed by atoms with E-state index in [9.17, 15) is 10.1 Å². The molecule has 0 spiro atoms. The number of nitrogens with zero attached hydrogens (tertiary/aromatic N) is 1. The molecule has 1 unspecified atom stereocenters. The number of likely N-dealkylation sites (N-methyl/N-ethyl adjacent to an activating group) is 1. The Hall–Kier alpha value is -1.42. The molecular weight excluding hydrogens is 228 g/mol. The van der Waals surface area contributed by atoms with Crippen LogP contribution in [0.4, 0.5) is 5.69 Å². The zero-order valence-corrected chi connectivity index (χ0v) is 10.8. The SMILES string of the molecule is CNC(Cc1ccc([N+](=O)[O-])cc1)CC1CCC1. The summed E-state index contributed by atoms with van der Waals surface area (Å²) in [5.74, 6) is 0.875. The summed E-state index contributed by atoms with van der Waals surface area (Å²) in [6, 6.07) is 7.39. The Kier molecular flexibility index (Phi) is 4.31. The lowest BCUT2D eigenvalue weighted by atomic mass is 9.80. The highest BCUT2D eigenvalue weighted by atomic mass is 16.6. The first kappa shape index (κ1) is 13.0. The van der Waals surface area contributed by atoms with Crippen LogP contribution in [0.3, 0.4) is 0 Å². The average Bonchev–Trinajstić information content (AvgIpc) is 2.32. The van der Waals surface area contributed by atoms with Crippen LogP contribution >= 0.6 is 0 Å². The molecule has 4 nitrogen and oxygen atoms in total. The van der Waals surface area contributed by atoms with Gasteiger partial charge in [-0.05, 0) is 31.4 Å². The Bertz CT molecular complexity index is 399. The summed E-state index contributed by atoms with van der Waals surface area (Å²) in [7, 11) is 1.99. The highest BCUT2D eigenvalue weighted by Crippen LogP contribution is 2.31. The van der Waals surface area contributed by atoms with Crippen LogP contribution in [0.25, 0.3) is 0 Å². The zero-order valence-electron chi connectivity index (χ0n) is 10.8. The summed E-state index contributed by atoms with van der Waals surface area (Å²) in [4.78, 5) is 10.2. The van der Waals surface area contributed by atoms with Crippen molar-refractivity contribution in [2.45, 2.75) is 38.1 Å². The minimum atomic E-state index is -0.353. The topological polar surface area (TPSA) is 55.2 Å². The second kappa shape index (κ2) is 5.96. The van der Waals surface area contributed by atoms with E-state index in [2.05, 4.69) is 5.32 Å². The second-order valence-electron chi connectivity index (χ2n) is 5.15. The van der Waals surface area contributed by atoms with Crippen molar-refractivity contribution in [2.24, 2.45) is 5.92 Å². The minimum Gasteiger partial charge on any atom is -0.317 e. The molecule has 0 bridgehead atoms. The number of nitrogens with one attached hydrogen (secondary N) is 1. The lowest BCUT2D eigenvalue weighted by molar-refractivity contribution is -0.384. The van der Waals surface area contributed by atoms with Crippen LogP contribution in [0.2, 0.25) is 0 Å². The smallest absolute Gasteiger partial charge is 0.269 e. The van der Waals surface area contributed by atoms with Gasteiger partial charge in [0.05, 0.1) is 4.92 Å². The molecule has 0 aliphatic heterocycles. The first-order valence-electron chi connectivity index (χ1n) is 6.59. The second-order valence-corrected chi connectivity index (χ2v) is 5.15. The van der Waals surface area contributed by atoms with Gasteiger partial charge in [0.15, 0.2) is 0 Å². The van der Waals surface area contributed by atoms with Crippen LogP contribution in [0.15, 0.2) is 24.3 Å². The van der Waals surface area contributed by atoms with E-state index in [0.717, 1.165) is 12.3 Å². The van der Waals surface area contributed by atoms with Crippen molar-refractivity contribution in [2.75, 3.05) is 7.05 Å². The number of non-ortho nitro benzene ring substituents is 1. The van der Waals surface area contributed by atoms with Crippen molar-refractivity contribution < 1.29 is 4.92 Å². The van der Waals surface area contributed by atoms with E-state index in [1.54, 1.807) is 12.1 Å². The maximum atomic E-state index is 10.6. The third-order valence-corrected chi connectivity index (χ3v) is 3.88. The van der Waals surface area contributed by atoms with Crippen molar-refractivity contribution in [1.82, 2.24) is 5.32 Å². The fraction of sp³-hybridized carbons (Fsp3) is 0.571. The number of nitro groups is 1. The molecule has 1 aromatic rings. The summed E-state index contributed by atoms with van der Waals surface area (Å²) in [5.41, 5.74) is 1.33. The Morgan fingerprint density at radius 1 is 1.39 bits per heavy atom. The molecule has 1 aliphatic carbocycles. The maximum absolute atomic E-state index is 10.6. The van der Waals surface area contributed by atoms with Crippen molar-refractivity contribution in [3.63, 3.8) is 0 Å². The van der Waals surface area contributed by atoms with E-state index in [4.69, 9.17) is 0 Å². The van der Waals surface area contributed by atoms with E-state index in [-0.39, 0.29) is 10.6 Å². The van der Waals surface area contributed by atoms with E-state index in [0.29, 0.717) is 6.04 Å². The first-order valence-corrected chi connectivity index (χ1v) is 6.59. The quantitative estimate of drug-likeness (QED) is 0.622. The van der Waals surface area contributed by atoms with E-state index in [1.165, 1.54) is 31.2 Å². The van der Waals surface area contributed by atoms with Crippen LogP contribution < -0.4 is 5.32 Å². The molecule has 4 heteroatoms. The van der Waals surface area contributed by atoms with E-state index >= 15 is 0 Å². The molecule has 1 fully saturated rings. The summed E-state index contributed by atoms with van der Waals surface area (Å²) < 4.78 is 0. The Labute approximate surface area is 108 Å². The molecule has 0 radical (unpaired) electrons. The molecule has 18 heavy (non-hydrogen) atoms. The van der Waals surface area contributed by atoms with E-state index < -0.39 is 0 Å². The van der Waals surface area contributed by atoms with Crippen molar-refractivity contribution in [3.05, 3.63) is 39.9 Å². The molecule has 1 aromatic carbocycles. The monoisotopic (exact) mass is 248 g/mol. The average molecular weight is 248 g/mol. The number of hydrogen-bond donors (Lipinski definition) is 1. The third kappa shape index (κ3) is 3.29. The molecule has 0 heterocycles. The predicted octanol–water partition coefficient (Wildman–Crippen LogP) is 2.92. The molecule has 1 aliphatic rings. The van der Waals surface area contributed by atoms with Gasteiger partial charge in [0, 0.05) is 18.2 Å². The van der Waals surface area contributed by atoms with Gasteiger partial charge < -0.3 is 5.32 Å². The van der Waals surface area contributed by atoms with Crippen molar-refractivity contribution >= 4 is 5.69 Å². The molecule has 98 valence electrons. The molecule has 1 atom stereocenters. The number of nitro benzene ring substituents is 1. The molecule has 1 N–H and O–H groups in total. The van der Waals surface area contributed by atoms with Crippen LogP contribution in [-0.2, 0) is 6.42 Å². The standard InChI is InChI=1S/C14H20N2O2/c1-15-13(9-11-3-2-4-11)10-12-5-7-14(8-6-12)16(17)18/h5-8,11,13,15H,2-4,9-10H2,1H3. The highest BCUT2D eigenvalue weighted by molar-refractivity contribution is 5.33. The largest absolute Gasteiger partial charge is 0.317 e. The van der Waals surface area contributed by atoms with Gasteiger partial charge in [-0.2, -0.15) is 0 Å². The predicted molar refractivity (Wildman–Crippen MR) is 71.6 cm³/mol. The first-order chi connectivity index (χ1) is 8.69. The summed E-state index contributed by atoms with van der Waals surface area (Å²) in [6.45, 7) is 0. The maximum Gasteiger partial charge on any atom is 0.269 e. The fourth-order valence-corrected chi connectivity index (χ4v) is 2.47. The van der Waals surface area contributed by atoms with Crippen molar-refractivity contribution in [1.29, 1.82) is 0 Å². The van der Waals surface area contributed by atoms with Gasteiger partial charge in [-0.25, -0.2) is 0 Å². The molecule has 2 rings (SSSR count). The van der Waals surface area contributed by atoms with Gasteiger partial charge in [0.1, 0.15) is 0 Å². The lowest BCUT2D eigenvalue weighted by Gasteiger charge is -2.29. The van der Waals surface area contributed by atoms with Gasteiger partial charge >= 0.3 is 0 Å². The Morgan fingerprint density at radius 3 is 2.50 bits per heavy atom. The fourth-order valence-electron chi connectivity index (χ4n) is 2.47. The zero-order chi connectivity index (χ0) is 13.0. The van der Waals surface area contributed by atoms with Gasteiger partial charge in [0.25, 0.3) is 5.69 Å². The van der Waals surface area contributed by atoms with Gasteiger partial charge in [0.2, 0.25) is 0 Å². The molecular formula is C14H20N2O2. The minimum absolute atomic E-state index is 0.166. The highest BCUT2D eigenvalue weighted by Gasteiger charge is 2.21. The normalized spacial score (nSPS) is 17.2. The molecule has 1 saturated carbocycles. The van der Waals surface area contributed by atoms with Gasteiger partial charge in [-0.3, -0.25) is 10.1 Å². The lowest BCUT2D eigenvalue weighted by Crippen LogP contribution is -2.31. The molecule has 0 aromatic heterocycles. The Morgan fingerprint density at radius 2 is 2.06 bits per heavy atom. The summed E-state index contributed by atoms with van der Waals surface area (Å²) in [6.07, 6.45) is 6.26. The van der Waals surface area contributed by atoms with Gasteiger partial charge in [-0.15, -0.1) is 0 Å². The van der Waals surface area contributed by atoms with Crippen LogP contribution in [0.1, 0.15) is 31.2 Å². The summed E-state index contributed by atoms with van der Waals surface area (Å²) >= 11 is 0.